The third-order valence-electron chi connectivity index (χ3n) is 8.05. The van der Waals surface area contributed by atoms with Crippen molar-refractivity contribution in [2.24, 2.45) is 0 Å². The molecule has 2 fully saturated rings. The molecule has 2 saturated heterocycles. The molecule has 222 valence electrons. The summed E-state index contributed by atoms with van der Waals surface area (Å²) in [4.78, 5) is 49.8. The van der Waals surface area contributed by atoms with E-state index in [1.54, 1.807) is 21.7 Å². The average Bonchev–Trinajstić information content (AvgIpc) is 3.21. The fourth-order valence-corrected chi connectivity index (χ4v) is 5.79. The minimum Gasteiger partial charge on any atom is -0.353 e. The van der Waals surface area contributed by atoms with E-state index in [0.29, 0.717) is 56.3 Å². The molecule has 0 aliphatic carbocycles. The standard InChI is InChI=1S/C29H30BrF3N6O3/c1-4-25(40)38-15-21(16-38)35(3)26(41)17-39-18(2)27(22-13-20(30)6-7-23(22)39)28(42)37-11-9-36(10-12-37)24-8-5-19(14-34-24)29(31,32)33/h4-8,13-14,21H,1,9-12,15-17H2,2-3H3. The SMILES string of the molecule is C=CC(=O)N1CC(N(C)C(=O)Cn2c(C)c(C(=O)N3CCN(c4ccc(C(F)(F)F)cn4)CC3)c3cc(Br)ccc32)C1. The van der Waals surface area contributed by atoms with E-state index in [2.05, 4.69) is 27.5 Å². The first-order chi connectivity index (χ1) is 19.9. The third-order valence-corrected chi connectivity index (χ3v) is 8.54. The second-order valence-electron chi connectivity index (χ2n) is 10.5. The van der Waals surface area contributed by atoms with Gasteiger partial charge in [0.25, 0.3) is 5.91 Å². The Morgan fingerprint density at radius 2 is 1.79 bits per heavy atom. The van der Waals surface area contributed by atoms with Crippen molar-refractivity contribution >= 4 is 50.4 Å². The van der Waals surface area contributed by atoms with Crippen LogP contribution in [0.5, 0.6) is 0 Å². The molecule has 0 spiro atoms. The quantitative estimate of drug-likeness (QED) is 0.379. The van der Waals surface area contributed by atoms with Crippen LogP contribution in [0.2, 0.25) is 0 Å². The van der Waals surface area contributed by atoms with Gasteiger partial charge in [0.2, 0.25) is 11.8 Å². The van der Waals surface area contributed by atoms with E-state index in [1.807, 2.05) is 34.6 Å². The van der Waals surface area contributed by atoms with Crippen molar-refractivity contribution in [2.75, 3.05) is 51.2 Å². The predicted molar refractivity (Wildman–Crippen MR) is 155 cm³/mol. The van der Waals surface area contributed by atoms with E-state index in [0.717, 1.165) is 27.6 Å². The highest BCUT2D eigenvalue weighted by Gasteiger charge is 2.35. The second-order valence-corrected chi connectivity index (χ2v) is 11.4. The van der Waals surface area contributed by atoms with Crippen LogP contribution in [0.3, 0.4) is 0 Å². The van der Waals surface area contributed by atoms with E-state index in [-0.39, 0.29) is 30.3 Å². The van der Waals surface area contributed by atoms with Gasteiger partial charge < -0.3 is 24.2 Å². The lowest BCUT2D eigenvalue weighted by atomic mass is 10.1. The van der Waals surface area contributed by atoms with Gasteiger partial charge in [-0.3, -0.25) is 14.4 Å². The Labute approximate surface area is 249 Å². The zero-order valence-corrected chi connectivity index (χ0v) is 24.8. The lowest BCUT2D eigenvalue weighted by Crippen LogP contribution is -2.61. The maximum absolute atomic E-state index is 13.9. The largest absolute Gasteiger partial charge is 0.417 e. The lowest BCUT2D eigenvalue weighted by molar-refractivity contribution is -0.142. The number of rotatable bonds is 6. The summed E-state index contributed by atoms with van der Waals surface area (Å²) in [6, 6.07) is 7.88. The second kappa shape index (κ2) is 11.4. The van der Waals surface area contributed by atoms with Crippen molar-refractivity contribution in [2.45, 2.75) is 25.7 Å². The summed E-state index contributed by atoms with van der Waals surface area (Å²) in [5.74, 6) is -0.0412. The van der Waals surface area contributed by atoms with Crippen LogP contribution in [0.4, 0.5) is 19.0 Å². The fraction of sp³-hybridized carbons (Fsp3) is 0.379. The number of pyridine rings is 1. The number of nitrogens with zero attached hydrogens (tertiary/aromatic N) is 6. The minimum atomic E-state index is -4.45. The predicted octanol–water partition coefficient (Wildman–Crippen LogP) is 3.94. The normalized spacial score (nSPS) is 16.0. The molecule has 0 N–H and O–H groups in total. The monoisotopic (exact) mass is 646 g/mol. The summed E-state index contributed by atoms with van der Waals surface area (Å²) in [5, 5.41) is 0.723. The fourth-order valence-electron chi connectivity index (χ4n) is 5.43. The van der Waals surface area contributed by atoms with Gasteiger partial charge in [0, 0.05) is 73.6 Å². The van der Waals surface area contributed by atoms with Crippen LogP contribution in [0.15, 0.2) is 53.7 Å². The smallest absolute Gasteiger partial charge is 0.353 e. The first-order valence-corrected chi connectivity index (χ1v) is 14.2. The van der Waals surface area contributed by atoms with Gasteiger partial charge in [-0.2, -0.15) is 13.2 Å². The first kappa shape index (κ1) is 29.6. The zero-order chi connectivity index (χ0) is 30.3. The van der Waals surface area contributed by atoms with Crippen molar-refractivity contribution < 1.29 is 27.6 Å². The van der Waals surface area contributed by atoms with Crippen LogP contribution in [-0.4, -0.2) is 94.3 Å². The van der Waals surface area contributed by atoms with Gasteiger partial charge in [-0.25, -0.2) is 4.98 Å². The third kappa shape index (κ3) is 5.61. The van der Waals surface area contributed by atoms with Gasteiger partial charge in [-0.15, -0.1) is 0 Å². The number of carbonyl (C=O) groups excluding carboxylic acids is 3. The van der Waals surface area contributed by atoms with Crippen LogP contribution >= 0.6 is 15.9 Å². The van der Waals surface area contributed by atoms with E-state index < -0.39 is 11.7 Å². The number of amides is 3. The number of fused-ring (bicyclic) bond motifs is 1. The van der Waals surface area contributed by atoms with Gasteiger partial charge in [-0.05, 0) is 43.3 Å². The van der Waals surface area contributed by atoms with Crippen molar-refractivity contribution in [1.29, 1.82) is 0 Å². The molecule has 42 heavy (non-hydrogen) atoms. The molecule has 3 aromatic rings. The van der Waals surface area contributed by atoms with E-state index in [4.69, 9.17) is 0 Å². The number of halogens is 4. The number of likely N-dealkylation sites (N-methyl/N-ethyl adjacent to an activating group) is 1. The number of likely N-dealkylation sites (tertiary alicyclic amines) is 1. The molecule has 0 bridgehead atoms. The summed E-state index contributed by atoms with van der Waals surface area (Å²) in [6.07, 6.45) is -2.37. The van der Waals surface area contributed by atoms with Crippen molar-refractivity contribution in [1.82, 2.24) is 24.3 Å². The van der Waals surface area contributed by atoms with Crippen molar-refractivity contribution in [3.8, 4) is 0 Å². The van der Waals surface area contributed by atoms with Crippen LogP contribution in [0.1, 0.15) is 21.6 Å². The van der Waals surface area contributed by atoms with E-state index in [9.17, 15) is 27.6 Å². The Hall–Kier alpha value is -3.87. The Bertz CT molecular complexity index is 1540. The number of piperazine rings is 1. The molecule has 0 unspecified atom stereocenters. The number of alkyl halides is 3. The van der Waals surface area contributed by atoms with Crippen molar-refractivity contribution in [3.05, 3.63) is 70.5 Å². The Kier molecular flexibility index (Phi) is 8.06. The maximum atomic E-state index is 13.9. The lowest BCUT2D eigenvalue weighted by Gasteiger charge is -2.43. The molecule has 0 radical (unpaired) electrons. The molecule has 2 aromatic heterocycles. The Morgan fingerprint density at radius 3 is 2.38 bits per heavy atom. The van der Waals surface area contributed by atoms with Gasteiger partial charge in [-0.1, -0.05) is 22.5 Å². The summed E-state index contributed by atoms with van der Waals surface area (Å²) >= 11 is 3.50. The molecular formula is C29H30BrF3N6O3. The van der Waals surface area contributed by atoms with Crippen LogP contribution < -0.4 is 4.90 Å². The number of hydrogen-bond acceptors (Lipinski definition) is 5. The minimum absolute atomic E-state index is 0.0347. The Balaban J connectivity index is 1.31. The summed E-state index contributed by atoms with van der Waals surface area (Å²) < 4.78 is 41.4. The molecule has 5 rings (SSSR count). The first-order valence-electron chi connectivity index (χ1n) is 13.4. The highest BCUT2D eigenvalue weighted by molar-refractivity contribution is 9.10. The number of hydrogen-bond donors (Lipinski definition) is 0. The molecule has 4 heterocycles. The molecule has 9 nitrogen and oxygen atoms in total. The highest BCUT2D eigenvalue weighted by Crippen LogP contribution is 2.32. The zero-order valence-electron chi connectivity index (χ0n) is 23.2. The van der Waals surface area contributed by atoms with Crippen LogP contribution in [-0.2, 0) is 22.3 Å². The summed E-state index contributed by atoms with van der Waals surface area (Å²) in [7, 11) is 1.72. The molecule has 2 aliphatic rings. The molecule has 13 heteroatoms. The van der Waals surface area contributed by atoms with E-state index >= 15 is 0 Å². The van der Waals surface area contributed by atoms with Gasteiger partial charge in [0.05, 0.1) is 17.2 Å². The molecule has 3 amide bonds. The van der Waals surface area contributed by atoms with Gasteiger partial charge >= 0.3 is 6.18 Å². The van der Waals surface area contributed by atoms with Crippen molar-refractivity contribution in [3.63, 3.8) is 0 Å². The van der Waals surface area contributed by atoms with Gasteiger partial charge in [0.15, 0.2) is 0 Å². The highest BCUT2D eigenvalue weighted by atomic mass is 79.9. The van der Waals surface area contributed by atoms with Gasteiger partial charge in [0.1, 0.15) is 12.4 Å². The summed E-state index contributed by atoms with van der Waals surface area (Å²) in [5.41, 5.74) is 1.12. The number of aromatic nitrogens is 2. The average molecular weight is 647 g/mol. The number of anilines is 1. The van der Waals surface area contributed by atoms with E-state index in [1.165, 1.54) is 12.1 Å². The van der Waals surface area contributed by atoms with Crippen LogP contribution in [0.25, 0.3) is 10.9 Å². The maximum Gasteiger partial charge on any atom is 0.417 e. The number of benzene rings is 1. The Morgan fingerprint density at radius 1 is 1.10 bits per heavy atom. The topological polar surface area (TPSA) is 82.0 Å². The molecule has 1 aromatic carbocycles. The number of carbonyl (C=O) groups is 3. The van der Waals surface area contributed by atoms with Crippen LogP contribution in [0, 0.1) is 6.92 Å². The molecule has 2 aliphatic heterocycles. The summed E-state index contributed by atoms with van der Waals surface area (Å²) in [6.45, 7) is 7.82. The molecule has 0 saturated carbocycles. The molecule has 0 atom stereocenters. The molecular weight excluding hydrogens is 617 g/mol.